The maximum Gasteiger partial charge on any atom is 0.315 e. The van der Waals surface area contributed by atoms with Crippen molar-refractivity contribution in [1.82, 2.24) is 10.6 Å². The lowest BCUT2D eigenvalue weighted by Gasteiger charge is -2.20. The summed E-state index contributed by atoms with van der Waals surface area (Å²) >= 11 is 1.53. The zero-order valence-corrected chi connectivity index (χ0v) is 13.1. The van der Waals surface area contributed by atoms with Crippen molar-refractivity contribution in [1.29, 1.82) is 0 Å². The molecule has 3 rings (SSSR count). The molecule has 0 radical (unpaired) electrons. The van der Waals surface area contributed by atoms with Gasteiger partial charge in [-0.1, -0.05) is 30.3 Å². The summed E-state index contributed by atoms with van der Waals surface area (Å²) in [7, 11) is 0. The summed E-state index contributed by atoms with van der Waals surface area (Å²) in [5.74, 6) is 0.523. The molecular formula is C17H20N2O2S. The zero-order valence-electron chi connectivity index (χ0n) is 12.2. The number of urea groups is 1. The van der Waals surface area contributed by atoms with E-state index < -0.39 is 6.10 Å². The second-order valence-electron chi connectivity index (χ2n) is 5.65. The fraction of sp³-hybridized carbons (Fsp3) is 0.353. The summed E-state index contributed by atoms with van der Waals surface area (Å²) in [6, 6.07) is 11.7. The Morgan fingerprint density at radius 3 is 2.64 bits per heavy atom. The molecule has 0 spiro atoms. The molecule has 2 amide bonds. The van der Waals surface area contributed by atoms with Gasteiger partial charge in [-0.3, -0.25) is 0 Å². The van der Waals surface area contributed by atoms with Gasteiger partial charge in [-0.05, 0) is 46.7 Å². The molecule has 116 valence electrons. The number of hydrogen-bond donors (Lipinski definition) is 3. The molecule has 0 bridgehead atoms. The maximum atomic E-state index is 12.1. The van der Waals surface area contributed by atoms with Gasteiger partial charge in [0.2, 0.25) is 0 Å². The Bertz CT molecular complexity index is 596. The van der Waals surface area contributed by atoms with Crippen LogP contribution in [0.25, 0.3) is 0 Å². The Balaban J connectivity index is 1.53. The fourth-order valence-corrected chi connectivity index (χ4v) is 3.23. The van der Waals surface area contributed by atoms with E-state index in [-0.39, 0.29) is 18.6 Å². The second kappa shape index (κ2) is 6.94. The molecule has 3 N–H and O–H groups in total. The van der Waals surface area contributed by atoms with Crippen LogP contribution in [0.1, 0.15) is 36.1 Å². The summed E-state index contributed by atoms with van der Waals surface area (Å²) in [6.45, 7) is 0.217. The number of aliphatic hydroxyl groups is 1. The number of carbonyl (C=O) groups excluding carboxylic acids is 1. The average Bonchev–Trinajstić information content (AvgIpc) is 3.24. The minimum Gasteiger partial charge on any atom is -0.387 e. The molecule has 1 aromatic carbocycles. The van der Waals surface area contributed by atoms with Crippen molar-refractivity contribution in [2.45, 2.75) is 25.0 Å². The molecule has 5 heteroatoms. The molecule has 1 saturated carbocycles. The first-order valence-electron chi connectivity index (χ1n) is 7.53. The number of nitrogens with one attached hydrogen (secondary N) is 2. The molecule has 22 heavy (non-hydrogen) atoms. The van der Waals surface area contributed by atoms with E-state index in [2.05, 4.69) is 10.6 Å². The van der Waals surface area contributed by atoms with E-state index >= 15 is 0 Å². The predicted molar refractivity (Wildman–Crippen MR) is 87.7 cm³/mol. The van der Waals surface area contributed by atoms with Gasteiger partial charge in [-0.15, -0.1) is 0 Å². The monoisotopic (exact) mass is 316 g/mol. The Morgan fingerprint density at radius 2 is 2.00 bits per heavy atom. The lowest BCUT2D eigenvalue weighted by Crippen LogP contribution is -2.40. The van der Waals surface area contributed by atoms with Crippen LogP contribution < -0.4 is 10.6 Å². The van der Waals surface area contributed by atoms with Crippen molar-refractivity contribution in [3.8, 4) is 0 Å². The van der Waals surface area contributed by atoms with Crippen LogP contribution in [-0.2, 0) is 0 Å². The van der Waals surface area contributed by atoms with E-state index in [1.165, 1.54) is 11.3 Å². The molecule has 2 unspecified atom stereocenters. The molecule has 1 aromatic heterocycles. The summed E-state index contributed by atoms with van der Waals surface area (Å²) in [5, 5.41) is 19.6. The van der Waals surface area contributed by atoms with Gasteiger partial charge in [-0.2, -0.15) is 11.3 Å². The molecule has 4 nitrogen and oxygen atoms in total. The molecule has 1 fully saturated rings. The van der Waals surface area contributed by atoms with Crippen LogP contribution in [0.4, 0.5) is 4.79 Å². The predicted octanol–water partition coefficient (Wildman–Crippen LogP) is 3.23. The van der Waals surface area contributed by atoms with Crippen molar-refractivity contribution in [2.24, 2.45) is 5.92 Å². The van der Waals surface area contributed by atoms with E-state index in [0.29, 0.717) is 5.92 Å². The maximum absolute atomic E-state index is 12.1. The van der Waals surface area contributed by atoms with Crippen LogP contribution >= 0.6 is 11.3 Å². The van der Waals surface area contributed by atoms with Crippen molar-refractivity contribution in [2.75, 3.05) is 6.54 Å². The van der Waals surface area contributed by atoms with Gasteiger partial charge < -0.3 is 15.7 Å². The number of rotatable bonds is 6. The highest BCUT2D eigenvalue weighted by molar-refractivity contribution is 7.07. The SMILES string of the molecule is O=C(NCC(O)c1ccsc1)NC(c1ccccc1)C1CC1. The number of carbonyl (C=O) groups is 1. The van der Waals surface area contributed by atoms with Crippen LogP contribution in [0.15, 0.2) is 47.2 Å². The molecule has 0 aliphatic heterocycles. The summed E-state index contributed by atoms with van der Waals surface area (Å²) < 4.78 is 0. The van der Waals surface area contributed by atoms with Gasteiger partial charge in [0, 0.05) is 6.54 Å². The van der Waals surface area contributed by atoms with Gasteiger partial charge in [0.15, 0.2) is 0 Å². The van der Waals surface area contributed by atoms with Crippen LogP contribution in [0, 0.1) is 5.92 Å². The van der Waals surface area contributed by atoms with E-state index in [4.69, 9.17) is 0 Å². The van der Waals surface area contributed by atoms with Gasteiger partial charge in [0.1, 0.15) is 0 Å². The van der Waals surface area contributed by atoms with Crippen molar-refractivity contribution in [3.63, 3.8) is 0 Å². The minimum absolute atomic E-state index is 0.0551. The van der Waals surface area contributed by atoms with Crippen LogP contribution in [0.3, 0.4) is 0 Å². The Labute approximate surface area is 134 Å². The fourth-order valence-electron chi connectivity index (χ4n) is 2.53. The molecule has 0 saturated heterocycles. The van der Waals surface area contributed by atoms with Gasteiger partial charge in [0.05, 0.1) is 12.1 Å². The first-order valence-corrected chi connectivity index (χ1v) is 8.48. The third kappa shape index (κ3) is 3.87. The highest BCUT2D eigenvalue weighted by Gasteiger charge is 2.33. The third-order valence-corrected chi connectivity index (χ3v) is 4.62. The standard InChI is InChI=1S/C17H20N2O2S/c20-15(14-8-9-22-11-14)10-18-17(21)19-16(13-6-7-13)12-4-2-1-3-5-12/h1-5,8-9,11,13,15-16,20H,6-7,10H2,(H2,18,19,21). The molecule has 2 atom stereocenters. The van der Waals surface area contributed by atoms with Gasteiger partial charge in [0.25, 0.3) is 0 Å². The number of hydrogen-bond acceptors (Lipinski definition) is 3. The Kier molecular flexibility index (Phi) is 4.75. The lowest BCUT2D eigenvalue weighted by atomic mass is 10.0. The summed E-state index contributed by atoms with van der Waals surface area (Å²) in [6.07, 6.45) is 1.64. The van der Waals surface area contributed by atoms with E-state index in [0.717, 1.165) is 24.0 Å². The topological polar surface area (TPSA) is 61.4 Å². The van der Waals surface area contributed by atoms with E-state index in [1.807, 2.05) is 47.2 Å². The van der Waals surface area contributed by atoms with Crippen LogP contribution in [0.2, 0.25) is 0 Å². The first-order chi connectivity index (χ1) is 10.7. The Morgan fingerprint density at radius 1 is 1.23 bits per heavy atom. The highest BCUT2D eigenvalue weighted by Crippen LogP contribution is 2.40. The Hall–Kier alpha value is -1.85. The number of amides is 2. The average molecular weight is 316 g/mol. The zero-order chi connectivity index (χ0) is 15.4. The number of thiophene rings is 1. The molecule has 1 aliphatic rings. The number of aliphatic hydroxyl groups excluding tert-OH is 1. The van der Waals surface area contributed by atoms with Crippen LogP contribution in [-0.4, -0.2) is 17.7 Å². The molecule has 1 heterocycles. The first kappa shape index (κ1) is 15.1. The van der Waals surface area contributed by atoms with E-state index in [9.17, 15) is 9.90 Å². The smallest absolute Gasteiger partial charge is 0.315 e. The van der Waals surface area contributed by atoms with Crippen molar-refractivity contribution in [3.05, 3.63) is 58.3 Å². The van der Waals surface area contributed by atoms with Gasteiger partial charge in [-0.25, -0.2) is 4.79 Å². The molecule has 1 aliphatic carbocycles. The van der Waals surface area contributed by atoms with Crippen LogP contribution in [0.5, 0.6) is 0 Å². The summed E-state index contributed by atoms with van der Waals surface area (Å²) in [4.78, 5) is 12.1. The van der Waals surface area contributed by atoms with E-state index in [1.54, 1.807) is 0 Å². The lowest BCUT2D eigenvalue weighted by molar-refractivity contribution is 0.172. The van der Waals surface area contributed by atoms with Crippen molar-refractivity contribution < 1.29 is 9.90 Å². The van der Waals surface area contributed by atoms with Gasteiger partial charge >= 0.3 is 6.03 Å². The second-order valence-corrected chi connectivity index (χ2v) is 6.43. The minimum atomic E-state index is -0.659. The molecular weight excluding hydrogens is 296 g/mol. The van der Waals surface area contributed by atoms with Crippen molar-refractivity contribution >= 4 is 17.4 Å². The number of benzene rings is 1. The molecule has 2 aromatic rings. The quantitative estimate of drug-likeness (QED) is 0.766. The summed E-state index contributed by atoms with van der Waals surface area (Å²) in [5.41, 5.74) is 1.98. The largest absolute Gasteiger partial charge is 0.387 e. The third-order valence-electron chi connectivity index (χ3n) is 3.92. The highest BCUT2D eigenvalue weighted by atomic mass is 32.1. The normalized spacial score (nSPS) is 16.8.